The lowest BCUT2D eigenvalue weighted by Gasteiger charge is -2.22. The van der Waals surface area contributed by atoms with Gasteiger partial charge in [0.2, 0.25) is 0 Å². The predicted octanol–water partition coefficient (Wildman–Crippen LogP) is 1.23. The van der Waals surface area contributed by atoms with Crippen LogP contribution in [0, 0.1) is 0 Å². The van der Waals surface area contributed by atoms with Crippen LogP contribution >= 0.6 is 0 Å². The Morgan fingerprint density at radius 3 is 2.04 bits per heavy atom. The van der Waals surface area contributed by atoms with Crippen molar-refractivity contribution in [2.75, 3.05) is 14.2 Å². The van der Waals surface area contributed by atoms with Crippen LogP contribution in [-0.2, 0) is 23.7 Å². The van der Waals surface area contributed by atoms with Crippen molar-refractivity contribution in [2.45, 2.75) is 44.9 Å². The minimum absolute atomic E-state index is 0.0364. The largest absolute Gasteiger partial charge is 0.464 e. The zero-order valence-electron chi connectivity index (χ0n) is 16.1. The van der Waals surface area contributed by atoms with Crippen LogP contribution in [0.3, 0.4) is 0 Å². The molecule has 11 heteroatoms. The van der Waals surface area contributed by atoms with Gasteiger partial charge in [-0.2, -0.15) is 0 Å². The van der Waals surface area contributed by atoms with E-state index in [-0.39, 0.29) is 35.4 Å². The van der Waals surface area contributed by atoms with Crippen LogP contribution in [0.5, 0.6) is 0 Å². The van der Waals surface area contributed by atoms with Gasteiger partial charge in [-0.25, -0.2) is 14.4 Å². The lowest BCUT2D eigenvalue weighted by Crippen LogP contribution is -2.35. The van der Waals surface area contributed by atoms with E-state index in [1.165, 1.54) is 0 Å². The van der Waals surface area contributed by atoms with Crippen LogP contribution in [0.15, 0.2) is 0 Å². The van der Waals surface area contributed by atoms with Crippen molar-refractivity contribution < 1.29 is 38.1 Å². The van der Waals surface area contributed by atoms with Gasteiger partial charge in [-0.15, -0.1) is 10.2 Å². The number of ether oxygens (including phenoxy) is 4. The molecule has 1 aromatic heterocycles. The first kappa shape index (κ1) is 21.1. The molecule has 0 saturated heterocycles. The van der Waals surface area contributed by atoms with E-state index in [9.17, 15) is 19.2 Å². The van der Waals surface area contributed by atoms with Gasteiger partial charge in [-0.05, 0) is 20.8 Å². The van der Waals surface area contributed by atoms with Crippen molar-refractivity contribution in [1.82, 2.24) is 15.5 Å². The van der Waals surface area contributed by atoms with E-state index >= 15 is 0 Å². The Balaban J connectivity index is 2.57. The first-order valence-corrected chi connectivity index (χ1v) is 8.28. The molecule has 0 bridgehead atoms. The summed E-state index contributed by atoms with van der Waals surface area (Å²) in [5.41, 5.74) is -0.938. The highest BCUT2D eigenvalue weighted by molar-refractivity contribution is 5.94. The molecule has 0 fully saturated rings. The standard InChI is InChI=1S/C17H21N3O8/c1-17(2,3)28-16(24)18-8-6-9(27-7-21)11-10(8)12(14(22)25-4)19-20-13(11)15(23)26-5/h7-9H,6H2,1-5H3,(H,18,24)/t8-,9+/m1/s1. The smallest absolute Gasteiger partial charge is 0.408 e. The molecular weight excluding hydrogens is 374 g/mol. The number of carbonyl (C=O) groups is 4. The SMILES string of the molecule is COC(=O)c1nnc(C(=O)OC)c2c1[C@@H](OC=O)C[C@H]2NC(=O)OC(C)(C)C. The summed E-state index contributed by atoms with van der Waals surface area (Å²) in [6.07, 6.45) is -1.68. The average Bonchev–Trinajstić information content (AvgIpc) is 2.96. The highest BCUT2D eigenvalue weighted by Gasteiger charge is 2.42. The third-order valence-electron chi connectivity index (χ3n) is 3.84. The Hall–Kier alpha value is -3.24. The van der Waals surface area contributed by atoms with E-state index in [4.69, 9.17) is 14.2 Å². The van der Waals surface area contributed by atoms with Gasteiger partial charge in [0, 0.05) is 17.5 Å². The molecule has 152 valence electrons. The van der Waals surface area contributed by atoms with Gasteiger partial charge in [-0.1, -0.05) is 0 Å². The lowest BCUT2D eigenvalue weighted by molar-refractivity contribution is -0.134. The third-order valence-corrected chi connectivity index (χ3v) is 3.84. The van der Waals surface area contributed by atoms with Crippen molar-refractivity contribution in [3.05, 3.63) is 22.5 Å². The third kappa shape index (κ3) is 4.35. The number of methoxy groups -OCH3 is 2. The number of hydrogen-bond acceptors (Lipinski definition) is 10. The summed E-state index contributed by atoms with van der Waals surface area (Å²) in [6, 6.07) is -0.845. The summed E-state index contributed by atoms with van der Waals surface area (Å²) in [7, 11) is 2.29. The van der Waals surface area contributed by atoms with Crippen LogP contribution in [0.25, 0.3) is 0 Å². The second-order valence-electron chi connectivity index (χ2n) is 6.86. The fourth-order valence-electron chi connectivity index (χ4n) is 2.86. The minimum Gasteiger partial charge on any atom is -0.464 e. The molecule has 0 radical (unpaired) electrons. The Morgan fingerprint density at radius 2 is 1.57 bits per heavy atom. The number of amides is 1. The number of aromatic nitrogens is 2. The number of carbonyl (C=O) groups excluding carboxylic acids is 4. The molecule has 0 spiro atoms. The average molecular weight is 395 g/mol. The van der Waals surface area contributed by atoms with Gasteiger partial charge in [-0.3, -0.25) is 4.79 Å². The van der Waals surface area contributed by atoms with E-state index in [0.717, 1.165) is 14.2 Å². The maximum atomic E-state index is 12.2. The van der Waals surface area contributed by atoms with Crippen LogP contribution in [-0.4, -0.2) is 54.5 Å². The van der Waals surface area contributed by atoms with Gasteiger partial charge in [0.25, 0.3) is 6.47 Å². The molecule has 1 N–H and O–H groups in total. The molecule has 28 heavy (non-hydrogen) atoms. The van der Waals surface area contributed by atoms with E-state index < -0.39 is 35.8 Å². The summed E-state index contributed by atoms with van der Waals surface area (Å²) in [6.45, 7) is 5.26. The molecule has 0 aromatic carbocycles. The van der Waals surface area contributed by atoms with Gasteiger partial charge >= 0.3 is 18.0 Å². The maximum absolute atomic E-state index is 12.2. The Kier molecular flexibility index (Phi) is 6.16. The van der Waals surface area contributed by atoms with Crippen LogP contribution < -0.4 is 5.32 Å². The van der Waals surface area contributed by atoms with Crippen molar-refractivity contribution in [1.29, 1.82) is 0 Å². The zero-order chi connectivity index (χ0) is 21.1. The fourth-order valence-corrected chi connectivity index (χ4v) is 2.86. The topological polar surface area (TPSA) is 143 Å². The zero-order valence-corrected chi connectivity index (χ0v) is 16.1. The summed E-state index contributed by atoms with van der Waals surface area (Å²) in [4.78, 5) is 47.4. The molecule has 11 nitrogen and oxygen atoms in total. The second-order valence-corrected chi connectivity index (χ2v) is 6.86. The summed E-state index contributed by atoms with van der Waals surface area (Å²) in [5.74, 6) is -1.67. The number of hydrogen-bond donors (Lipinski definition) is 1. The number of rotatable bonds is 5. The Morgan fingerprint density at radius 1 is 1.04 bits per heavy atom. The normalized spacial score (nSPS) is 17.9. The van der Waals surface area contributed by atoms with Gasteiger partial charge in [0.05, 0.1) is 20.3 Å². The van der Waals surface area contributed by atoms with Crippen molar-refractivity contribution in [3.8, 4) is 0 Å². The molecule has 1 aliphatic rings. The molecule has 1 aromatic rings. The molecule has 0 unspecified atom stereocenters. The molecule has 1 amide bonds. The Labute approximate surface area is 160 Å². The highest BCUT2D eigenvalue weighted by atomic mass is 16.6. The minimum atomic E-state index is -0.958. The van der Waals surface area contributed by atoms with E-state index in [0.29, 0.717) is 0 Å². The molecule has 0 aliphatic heterocycles. The maximum Gasteiger partial charge on any atom is 0.408 e. The fraction of sp³-hybridized carbons (Fsp3) is 0.529. The molecule has 1 heterocycles. The molecule has 1 aliphatic carbocycles. The predicted molar refractivity (Wildman–Crippen MR) is 91.3 cm³/mol. The summed E-state index contributed by atoms with van der Waals surface area (Å²) >= 11 is 0. The molecule has 2 rings (SSSR count). The quantitative estimate of drug-likeness (QED) is 0.439. The lowest BCUT2D eigenvalue weighted by atomic mass is 10.0. The van der Waals surface area contributed by atoms with E-state index in [2.05, 4.69) is 20.3 Å². The van der Waals surface area contributed by atoms with Crippen LogP contribution in [0.2, 0.25) is 0 Å². The first-order chi connectivity index (χ1) is 13.1. The van der Waals surface area contributed by atoms with E-state index in [1.807, 2.05) is 0 Å². The number of fused-ring (bicyclic) bond motifs is 1. The number of nitrogens with one attached hydrogen (secondary N) is 1. The van der Waals surface area contributed by atoms with Gasteiger partial charge in [0.1, 0.15) is 11.7 Å². The van der Waals surface area contributed by atoms with Crippen molar-refractivity contribution in [3.63, 3.8) is 0 Å². The van der Waals surface area contributed by atoms with Gasteiger partial charge < -0.3 is 24.3 Å². The van der Waals surface area contributed by atoms with Crippen molar-refractivity contribution >= 4 is 24.5 Å². The molecular formula is C17H21N3O8. The van der Waals surface area contributed by atoms with E-state index in [1.54, 1.807) is 20.8 Å². The second kappa shape index (κ2) is 8.19. The van der Waals surface area contributed by atoms with Crippen LogP contribution in [0.1, 0.15) is 71.4 Å². The summed E-state index contributed by atoms with van der Waals surface area (Å²) < 4.78 is 19.7. The number of alkyl carbamates (subject to hydrolysis) is 1. The highest BCUT2D eigenvalue weighted by Crippen LogP contribution is 2.43. The number of nitrogens with zero attached hydrogens (tertiary/aromatic N) is 2. The van der Waals surface area contributed by atoms with Crippen LogP contribution in [0.4, 0.5) is 4.79 Å². The molecule has 2 atom stereocenters. The molecule has 0 saturated carbocycles. The monoisotopic (exact) mass is 395 g/mol. The van der Waals surface area contributed by atoms with Crippen molar-refractivity contribution in [2.24, 2.45) is 0 Å². The number of esters is 2. The first-order valence-electron chi connectivity index (χ1n) is 8.28. The Bertz CT molecular complexity index is 802. The van der Waals surface area contributed by atoms with Gasteiger partial charge in [0.15, 0.2) is 11.4 Å². The summed E-state index contributed by atoms with van der Waals surface area (Å²) in [5, 5.41) is 10.1.